The average Bonchev–Trinajstić information content (AvgIpc) is 3.49. The Kier molecular flexibility index (Phi) is 21.5. The van der Waals surface area contributed by atoms with E-state index in [0.29, 0.717) is 115 Å². The van der Waals surface area contributed by atoms with Gasteiger partial charge >= 0.3 is 0 Å². The molecule has 3 aromatic carbocycles. The summed E-state index contributed by atoms with van der Waals surface area (Å²) in [5.41, 5.74) is 14.1. The molecule has 3 N–H and O–H groups in total. The highest BCUT2D eigenvalue weighted by Gasteiger charge is 2.48. The van der Waals surface area contributed by atoms with Crippen molar-refractivity contribution in [1.29, 1.82) is 0 Å². The Labute approximate surface area is 461 Å². The van der Waals surface area contributed by atoms with Crippen molar-refractivity contribution in [3.63, 3.8) is 0 Å². The van der Waals surface area contributed by atoms with Crippen LogP contribution in [0.3, 0.4) is 0 Å². The molecule has 3 fully saturated rings. The van der Waals surface area contributed by atoms with Gasteiger partial charge in [-0.25, -0.2) is 0 Å². The highest BCUT2D eigenvalue weighted by atomic mass is 16.5. The fourth-order valence-electron chi connectivity index (χ4n) is 16.0. The highest BCUT2D eigenvalue weighted by Crippen LogP contribution is 2.49. The van der Waals surface area contributed by atoms with Crippen LogP contribution in [0.2, 0.25) is 0 Å². The minimum atomic E-state index is 0.105. The molecule has 0 amide bonds. The van der Waals surface area contributed by atoms with Crippen LogP contribution in [0.15, 0.2) is 54.6 Å². The highest BCUT2D eigenvalue weighted by molar-refractivity contribution is 5.44. The molecule has 9 atom stereocenters. The summed E-state index contributed by atoms with van der Waals surface area (Å²) in [4.78, 5) is 0. The number of aryl methyl sites for hydroxylation is 3. The molecule has 6 bridgehead atoms. The van der Waals surface area contributed by atoms with Crippen molar-refractivity contribution >= 4 is 0 Å². The summed E-state index contributed by atoms with van der Waals surface area (Å²) in [6.07, 6.45) is 23.3. The second-order valence-electron chi connectivity index (χ2n) is 25.6. The van der Waals surface area contributed by atoms with Crippen molar-refractivity contribution in [3.8, 4) is 0 Å². The van der Waals surface area contributed by atoms with E-state index in [0.717, 1.165) is 19.6 Å². The maximum Gasteiger partial charge on any atom is 0.0701 e. The SMILES string of the molecule is Cc1ccc2c(c1)[C@@]1(C)CCCCC[C@@H](C2)[C@@H]1NCCOCCOCC(COCCOCCN[C@H]1[C@H]2CCCCC[C@]1(C)c1cc(C)ccc1C2)COCCOCCN[C@H]1[C@H]2CCCCC[C@]1(C)c1cc(C)ccc1C2. The van der Waals surface area contributed by atoms with E-state index >= 15 is 0 Å². The predicted molar refractivity (Wildman–Crippen MR) is 310 cm³/mol. The lowest BCUT2D eigenvalue weighted by molar-refractivity contribution is -0.0369. The first-order chi connectivity index (χ1) is 37.0. The average molecular weight is 1050 g/mol. The molecule has 0 spiro atoms. The van der Waals surface area contributed by atoms with Crippen molar-refractivity contribution < 1.29 is 28.4 Å². The van der Waals surface area contributed by atoms with Gasteiger partial charge in [-0.05, 0) is 130 Å². The van der Waals surface area contributed by atoms with Crippen LogP contribution in [0, 0.1) is 44.4 Å². The molecule has 76 heavy (non-hydrogen) atoms. The van der Waals surface area contributed by atoms with Gasteiger partial charge < -0.3 is 44.4 Å². The maximum atomic E-state index is 6.27. The fraction of sp³-hybridized carbons (Fsp3) is 0.731. The van der Waals surface area contributed by atoms with E-state index in [1.807, 2.05) is 0 Å². The quantitative estimate of drug-likeness (QED) is 0.0646. The van der Waals surface area contributed by atoms with Crippen LogP contribution >= 0.6 is 0 Å². The van der Waals surface area contributed by atoms with Crippen LogP contribution < -0.4 is 16.0 Å². The normalized spacial score (nSPS) is 29.2. The molecule has 0 unspecified atom stereocenters. The van der Waals surface area contributed by atoms with Gasteiger partial charge in [0, 0.05) is 59.9 Å². The molecule has 422 valence electrons. The number of ether oxygens (including phenoxy) is 6. The van der Waals surface area contributed by atoms with Gasteiger partial charge in [-0.15, -0.1) is 0 Å². The number of benzene rings is 3. The molecule has 0 heterocycles. The van der Waals surface area contributed by atoms with Crippen LogP contribution in [-0.4, -0.2) is 117 Å². The molecule has 9 rings (SSSR count). The third-order valence-electron chi connectivity index (χ3n) is 19.9. The van der Waals surface area contributed by atoms with E-state index in [2.05, 4.69) is 112 Å². The van der Waals surface area contributed by atoms with Crippen molar-refractivity contribution in [2.75, 3.05) is 98.9 Å². The summed E-state index contributed by atoms with van der Waals surface area (Å²) in [7, 11) is 0. The Bertz CT molecular complexity index is 2010. The van der Waals surface area contributed by atoms with E-state index in [4.69, 9.17) is 28.4 Å². The van der Waals surface area contributed by atoms with Gasteiger partial charge in [-0.3, -0.25) is 0 Å². The van der Waals surface area contributed by atoms with Gasteiger partial charge in [-0.2, -0.15) is 0 Å². The van der Waals surface area contributed by atoms with Gasteiger partial charge in [0.1, 0.15) is 0 Å². The zero-order valence-corrected chi connectivity index (χ0v) is 48.5. The lowest BCUT2D eigenvalue weighted by Crippen LogP contribution is -2.56. The first kappa shape index (κ1) is 58.0. The number of hydrogen-bond donors (Lipinski definition) is 3. The minimum Gasteiger partial charge on any atom is -0.379 e. The lowest BCUT2D eigenvalue weighted by atomic mass is 9.59. The van der Waals surface area contributed by atoms with E-state index in [1.54, 1.807) is 33.4 Å². The molecule has 9 nitrogen and oxygen atoms in total. The summed E-state index contributed by atoms with van der Waals surface area (Å²) in [6, 6.07) is 23.0. The topological polar surface area (TPSA) is 91.5 Å². The summed E-state index contributed by atoms with van der Waals surface area (Å²) in [5, 5.41) is 12.1. The molecule has 0 aliphatic heterocycles. The maximum absolute atomic E-state index is 6.27. The molecule has 9 heteroatoms. The Morgan fingerprint density at radius 1 is 0.395 bits per heavy atom. The zero-order chi connectivity index (χ0) is 52.8. The predicted octanol–water partition coefficient (Wildman–Crippen LogP) is 11.8. The zero-order valence-electron chi connectivity index (χ0n) is 48.5. The van der Waals surface area contributed by atoms with E-state index in [1.165, 1.54) is 132 Å². The van der Waals surface area contributed by atoms with Crippen molar-refractivity contribution in [3.05, 3.63) is 105 Å². The van der Waals surface area contributed by atoms with Crippen LogP contribution in [-0.2, 0) is 63.9 Å². The molecule has 6 aliphatic rings. The smallest absolute Gasteiger partial charge is 0.0701 e. The van der Waals surface area contributed by atoms with Gasteiger partial charge in [0.25, 0.3) is 0 Å². The summed E-state index contributed by atoms with van der Waals surface area (Å²) >= 11 is 0. The molecule has 3 aromatic rings. The van der Waals surface area contributed by atoms with Crippen LogP contribution in [0.1, 0.15) is 167 Å². The first-order valence-electron chi connectivity index (χ1n) is 31.0. The lowest BCUT2D eigenvalue weighted by Gasteiger charge is -2.49. The molecular weight excluding hydrogens is 943 g/mol. The van der Waals surface area contributed by atoms with Gasteiger partial charge in [-0.1, -0.05) is 150 Å². The van der Waals surface area contributed by atoms with Crippen molar-refractivity contribution in [2.24, 2.45) is 23.7 Å². The van der Waals surface area contributed by atoms with Crippen molar-refractivity contribution in [1.82, 2.24) is 16.0 Å². The standard InChI is InChI=1S/C67H103N3O6/c1-49-19-22-53-43-56-16-10-7-13-25-65(4,59(53)40-49)62(56)68-28-31-71-34-37-74-46-52(47-75-38-35-72-32-29-69-63-57-17-11-8-14-26-66(63,5)60-41-50(2)20-23-54(60)44-57)48-76-39-36-73-33-30-70-64-58-18-12-9-15-27-67(64,6)61-42-51(3)21-24-55(61)45-58/h19-24,40-42,52,56-58,62-64,68-70H,7-18,25-39,43-48H2,1-6H3/t56-,57-,58-,62-,63-,64-,65+,66+,67+/m0/s1. The molecule has 0 aromatic heterocycles. The molecular formula is C67H103N3O6. The van der Waals surface area contributed by atoms with Crippen molar-refractivity contribution in [2.45, 2.75) is 191 Å². The Balaban J connectivity index is 0.696. The molecule has 6 aliphatic carbocycles. The third kappa shape index (κ3) is 14.4. The Morgan fingerprint density at radius 3 is 1.01 bits per heavy atom. The van der Waals surface area contributed by atoms with E-state index < -0.39 is 0 Å². The summed E-state index contributed by atoms with van der Waals surface area (Å²) in [5.74, 6) is 2.14. The van der Waals surface area contributed by atoms with Gasteiger partial charge in [0.15, 0.2) is 0 Å². The molecule has 3 saturated carbocycles. The second-order valence-corrected chi connectivity index (χ2v) is 25.6. The summed E-state index contributed by atoms with van der Waals surface area (Å²) in [6.45, 7) is 24.0. The van der Waals surface area contributed by atoms with Gasteiger partial charge in [0.2, 0.25) is 0 Å². The van der Waals surface area contributed by atoms with Crippen LogP contribution in [0.5, 0.6) is 0 Å². The number of fused-ring (bicyclic) bond motifs is 12. The van der Waals surface area contributed by atoms with Crippen LogP contribution in [0.25, 0.3) is 0 Å². The van der Waals surface area contributed by atoms with Gasteiger partial charge in [0.05, 0.1) is 79.3 Å². The largest absolute Gasteiger partial charge is 0.379 e. The molecule has 0 saturated heterocycles. The second kappa shape index (κ2) is 28.1. The van der Waals surface area contributed by atoms with E-state index in [-0.39, 0.29) is 22.2 Å². The fourth-order valence-corrected chi connectivity index (χ4v) is 16.0. The first-order valence-corrected chi connectivity index (χ1v) is 31.0. The number of rotatable bonds is 27. The summed E-state index contributed by atoms with van der Waals surface area (Å²) < 4.78 is 37.4. The third-order valence-corrected chi connectivity index (χ3v) is 19.9. The number of nitrogens with one attached hydrogen (secondary N) is 3. The Morgan fingerprint density at radius 2 is 0.697 bits per heavy atom. The van der Waals surface area contributed by atoms with Crippen LogP contribution in [0.4, 0.5) is 0 Å². The monoisotopic (exact) mass is 1050 g/mol. The van der Waals surface area contributed by atoms with E-state index in [9.17, 15) is 0 Å². The minimum absolute atomic E-state index is 0.105. The number of hydrogen-bond acceptors (Lipinski definition) is 9. The Hall–Kier alpha value is -2.70. The molecule has 0 radical (unpaired) electrons.